The Morgan fingerprint density at radius 3 is 2.90 bits per heavy atom. The summed E-state index contributed by atoms with van der Waals surface area (Å²) in [4.78, 5) is 13.7. The number of carbonyl (C=O) groups excluding carboxylic acids is 1. The maximum atomic E-state index is 12.0. The van der Waals surface area contributed by atoms with E-state index in [4.69, 9.17) is 15.2 Å². The molecule has 1 aromatic carbocycles. The molecule has 1 saturated heterocycles. The van der Waals surface area contributed by atoms with Crippen molar-refractivity contribution in [3.05, 3.63) is 35.9 Å². The van der Waals surface area contributed by atoms with Crippen molar-refractivity contribution in [2.45, 2.75) is 25.6 Å². The van der Waals surface area contributed by atoms with Crippen molar-refractivity contribution < 1.29 is 14.3 Å². The van der Waals surface area contributed by atoms with Gasteiger partial charge in [0.25, 0.3) is 0 Å². The first kappa shape index (κ1) is 14.8. The Kier molecular flexibility index (Phi) is 5.83. The first-order valence-electron chi connectivity index (χ1n) is 7.07. The lowest BCUT2D eigenvalue weighted by Gasteiger charge is -2.31. The molecule has 2 N–H and O–H groups in total. The Morgan fingerprint density at radius 1 is 1.35 bits per heavy atom. The van der Waals surface area contributed by atoms with Crippen molar-refractivity contribution in [2.24, 2.45) is 5.73 Å². The van der Waals surface area contributed by atoms with Gasteiger partial charge < -0.3 is 20.1 Å². The third-order valence-electron chi connectivity index (χ3n) is 3.31. The van der Waals surface area contributed by atoms with Crippen molar-refractivity contribution in [3.63, 3.8) is 0 Å². The molecule has 0 aromatic heterocycles. The number of nitrogens with two attached hydrogens (primary N) is 1. The molecule has 1 aliphatic rings. The second kappa shape index (κ2) is 7.87. The van der Waals surface area contributed by atoms with Crippen LogP contribution in [-0.2, 0) is 16.1 Å². The summed E-state index contributed by atoms with van der Waals surface area (Å²) in [6.07, 6.45) is 1.73. The molecule has 5 heteroatoms. The smallest absolute Gasteiger partial charge is 0.410 e. The highest BCUT2D eigenvalue weighted by molar-refractivity contribution is 5.67. The van der Waals surface area contributed by atoms with Gasteiger partial charge in [-0.1, -0.05) is 30.3 Å². The molecule has 1 atom stereocenters. The number of hydrogen-bond donors (Lipinski definition) is 1. The molecule has 20 heavy (non-hydrogen) atoms. The van der Waals surface area contributed by atoms with Crippen molar-refractivity contribution >= 4 is 6.09 Å². The monoisotopic (exact) mass is 278 g/mol. The predicted molar refractivity (Wildman–Crippen MR) is 76.2 cm³/mol. The molecular weight excluding hydrogens is 256 g/mol. The lowest BCUT2D eigenvalue weighted by Crippen LogP contribution is -2.43. The summed E-state index contributed by atoms with van der Waals surface area (Å²) in [7, 11) is 0. The lowest BCUT2D eigenvalue weighted by atomic mass is 10.1. The number of amides is 1. The second-order valence-corrected chi connectivity index (χ2v) is 4.91. The Labute approximate surface area is 119 Å². The van der Waals surface area contributed by atoms with E-state index in [0.717, 1.165) is 24.9 Å². The van der Waals surface area contributed by atoms with Gasteiger partial charge in [-0.3, -0.25) is 0 Å². The minimum Gasteiger partial charge on any atom is -0.445 e. The van der Waals surface area contributed by atoms with Crippen LogP contribution in [0.15, 0.2) is 30.3 Å². The van der Waals surface area contributed by atoms with E-state index in [1.54, 1.807) is 4.90 Å². The molecule has 110 valence electrons. The molecule has 1 amide bonds. The zero-order valence-electron chi connectivity index (χ0n) is 11.7. The van der Waals surface area contributed by atoms with Crippen LogP contribution in [0.2, 0.25) is 0 Å². The first-order chi connectivity index (χ1) is 9.79. The van der Waals surface area contributed by atoms with Gasteiger partial charge >= 0.3 is 6.09 Å². The Morgan fingerprint density at radius 2 is 2.15 bits per heavy atom. The number of rotatable bonds is 5. The van der Waals surface area contributed by atoms with Gasteiger partial charge in [0.15, 0.2) is 0 Å². The molecule has 1 heterocycles. The normalized spacial score (nSPS) is 18.9. The number of ether oxygens (including phenoxy) is 2. The topological polar surface area (TPSA) is 64.8 Å². The summed E-state index contributed by atoms with van der Waals surface area (Å²) in [6.45, 7) is 2.68. The van der Waals surface area contributed by atoms with Gasteiger partial charge in [-0.2, -0.15) is 0 Å². The SMILES string of the molecule is NCCO[C@@H]1CCCN(C(=O)OCc2ccccc2)C1. The number of likely N-dealkylation sites (tertiary alicyclic amines) is 1. The van der Waals surface area contributed by atoms with E-state index in [2.05, 4.69) is 0 Å². The fraction of sp³-hybridized carbons (Fsp3) is 0.533. The van der Waals surface area contributed by atoms with Gasteiger partial charge in [0.2, 0.25) is 0 Å². The Bertz CT molecular complexity index is 411. The molecule has 0 unspecified atom stereocenters. The maximum Gasteiger partial charge on any atom is 0.410 e. The molecule has 0 saturated carbocycles. The van der Waals surface area contributed by atoms with E-state index in [9.17, 15) is 4.79 Å². The van der Waals surface area contributed by atoms with Crippen LogP contribution in [0.25, 0.3) is 0 Å². The van der Waals surface area contributed by atoms with Crippen LogP contribution in [-0.4, -0.2) is 43.3 Å². The molecule has 5 nitrogen and oxygen atoms in total. The van der Waals surface area contributed by atoms with Gasteiger partial charge in [-0.15, -0.1) is 0 Å². The quantitative estimate of drug-likeness (QED) is 0.891. The highest BCUT2D eigenvalue weighted by Crippen LogP contribution is 2.14. The predicted octanol–water partition coefficient (Wildman–Crippen LogP) is 1.76. The van der Waals surface area contributed by atoms with Gasteiger partial charge in [0.05, 0.1) is 19.3 Å². The van der Waals surface area contributed by atoms with Crippen LogP contribution in [0.1, 0.15) is 18.4 Å². The summed E-state index contributed by atoms with van der Waals surface area (Å²) >= 11 is 0. The molecule has 1 aliphatic heterocycles. The molecule has 1 fully saturated rings. The molecule has 1 aromatic rings. The molecule has 2 rings (SSSR count). The van der Waals surface area contributed by atoms with Crippen LogP contribution < -0.4 is 5.73 Å². The minimum atomic E-state index is -0.269. The number of piperidine rings is 1. The van der Waals surface area contributed by atoms with Crippen LogP contribution in [0.3, 0.4) is 0 Å². The first-order valence-corrected chi connectivity index (χ1v) is 7.07. The summed E-state index contributed by atoms with van der Waals surface area (Å²) in [6, 6.07) is 9.68. The van der Waals surface area contributed by atoms with E-state index >= 15 is 0 Å². The maximum absolute atomic E-state index is 12.0. The van der Waals surface area contributed by atoms with Gasteiger partial charge in [0, 0.05) is 13.1 Å². The molecule has 0 spiro atoms. The zero-order valence-corrected chi connectivity index (χ0v) is 11.7. The summed E-state index contributed by atoms with van der Waals surface area (Å²) in [5.74, 6) is 0. The Hall–Kier alpha value is -1.59. The van der Waals surface area contributed by atoms with E-state index < -0.39 is 0 Å². The van der Waals surface area contributed by atoms with Crippen molar-refractivity contribution in [1.82, 2.24) is 4.90 Å². The minimum absolute atomic E-state index is 0.0802. The second-order valence-electron chi connectivity index (χ2n) is 4.91. The largest absolute Gasteiger partial charge is 0.445 e. The third kappa shape index (κ3) is 4.51. The molecule has 0 radical (unpaired) electrons. The molecule has 0 aliphatic carbocycles. The van der Waals surface area contributed by atoms with Crippen LogP contribution in [0.4, 0.5) is 4.79 Å². The average molecular weight is 278 g/mol. The molecule has 0 bridgehead atoms. The fourth-order valence-electron chi connectivity index (χ4n) is 2.29. The average Bonchev–Trinajstić information content (AvgIpc) is 2.52. The number of carbonyl (C=O) groups is 1. The highest BCUT2D eigenvalue weighted by Gasteiger charge is 2.24. The van der Waals surface area contributed by atoms with Crippen LogP contribution in [0, 0.1) is 0 Å². The van der Waals surface area contributed by atoms with Gasteiger partial charge in [-0.05, 0) is 18.4 Å². The standard InChI is InChI=1S/C15H22N2O3/c16-8-10-19-14-7-4-9-17(11-14)15(18)20-12-13-5-2-1-3-6-13/h1-3,5-6,14H,4,7-12,16H2/t14-/m1/s1. The Balaban J connectivity index is 1.77. The van der Waals surface area contributed by atoms with Gasteiger partial charge in [0.1, 0.15) is 6.61 Å². The number of benzene rings is 1. The summed E-state index contributed by atoms with van der Waals surface area (Å²) < 4.78 is 10.9. The lowest BCUT2D eigenvalue weighted by molar-refractivity contribution is -0.0000517. The van der Waals surface area contributed by atoms with E-state index in [-0.39, 0.29) is 12.2 Å². The van der Waals surface area contributed by atoms with Crippen molar-refractivity contribution in [1.29, 1.82) is 0 Å². The number of hydrogen-bond acceptors (Lipinski definition) is 4. The zero-order chi connectivity index (χ0) is 14.2. The third-order valence-corrected chi connectivity index (χ3v) is 3.31. The van der Waals surface area contributed by atoms with Gasteiger partial charge in [-0.25, -0.2) is 4.79 Å². The van der Waals surface area contributed by atoms with Crippen molar-refractivity contribution in [2.75, 3.05) is 26.2 Å². The van der Waals surface area contributed by atoms with E-state index in [0.29, 0.717) is 26.3 Å². The summed E-state index contributed by atoms with van der Waals surface area (Å²) in [5.41, 5.74) is 6.42. The summed E-state index contributed by atoms with van der Waals surface area (Å²) in [5, 5.41) is 0. The van der Waals surface area contributed by atoms with Crippen LogP contribution in [0.5, 0.6) is 0 Å². The highest BCUT2D eigenvalue weighted by atomic mass is 16.6. The van der Waals surface area contributed by atoms with Crippen LogP contribution >= 0.6 is 0 Å². The number of nitrogens with zero attached hydrogens (tertiary/aromatic N) is 1. The van der Waals surface area contributed by atoms with Crippen molar-refractivity contribution in [3.8, 4) is 0 Å². The molecular formula is C15H22N2O3. The van der Waals surface area contributed by atoms with E-state index in [1.165, 1.54) is 0 Å². The fourth-order valence-corrected chi connectivity index (χ4v) is 2.29. The van der Waals surface area contributed by atoms with E-state index in [1.807, 2.05) is 30.3 Å².